The fourth-order valence-electron chi connectivity index (χ4n) is 1.72. The van der Waals surface area contributed by atoms with Gasteiger partial charge in [0.05, 0.1) is 6.20 Å². The summed E-state index contributed by atoms with van der Waals surface area (Å²) in [6.07, 6.45) is 6.55. The topological polar surface area (TPSA) is 34.6 Å². The van der Waals surface area contributed by atoms with Crippen LogP contribution in [0.3, 0.4) is 0 Å². The molecule has 2 heterocycles. The highest BCUT2D eigenvalue weighted by Crippen LogP contribution is 2.11. The molecule has 0 bridgehead atoms. The van der Waals surface area contributed by atoms with Crippen LogP contribution < -0.4 is 4.57 Å². The Bertz CT molecular complexity index is 628. The molecule has 0 aliphatic rings. The fraction of sp³-hybridized carbons (Fsp3) is 0.0833. The molecular formula is C12H10N4. The summed E-state index contributed by atoms with van der Waals surface area (Å²) in [4.78, 5) is 8.60. The second-order valence-corrected chi connectivity index (χ2v) is 3.53. The molecule has 78 valence electrons. The zero-order chi connectivity index (χ0) is 11.0. The van der Waals surface area contributed by atoms with Crippen molar-refractivity contribution in [2.75, 3.05) is 0 Å². The van der Waals surface area contributed by atoms with Gasteiger partial charge in [-0.25, -0.2) is 0 Å². The van der Waals surface area contributed by atoms with Crippen molar-refractivity contribution in [1.82, 2.24) is 14.5 Å². The third-order valence-electron chi connectivity index (χ3n) is 2.45. The summed E-state index contributed by atoms with van der Waals surface area (Å²) in [7, 11) is 1.91. The lowest BCUT2D eigenvalue weighted by molar-refractivity contribution is -0.651. The first-order valence-corrected chi connectivity index (χ1v) is 5.02. The van der Waals surface area contributed by atoms with Crippen LogP contribution in [0.25, 0.3) is 17.0 Å². The van der Waals surface area contributed by atoms with Crippen LogP contribution in [0.2, 0.25) is 0 Å². The van der Waals surface area contributed by atoms with Crippen molar-refractivity contribution in [1.29, 1.82) is 0 Å². The van der Waals surface area contributed by atoms with Crippen LogP contribution in [-0.4, -0.2) is 14.5 Å². The number of hydrogen-bond donors (Lipinski definition) is 0. The highest BCUT2D eigenvalue weighted by Gasteiger charge is 2.06. The molecule has 0 amide bonds. The molecule has 0 unspecified atom stereocenters. The van der Waals surface area contributed by atoms with E-state index in [2.05, 4.69) is 16.3 Å². The van der Waals surface area contributed by atoms with Gasteiger partial charge in [0.15, 0.2) is 6.33 Å². The number of hydrogen-bond acceptors (Lipinski definition) is 2. The maximum Gasteiger partial charge on any atom is 0.205 e. The minimum Gasteiger partial charge on any atom is -0.337 e. The standard InChI is InChI=1S/C12H10N4/c1-15-9-16(10-5-3-2-4-6-10)12-11(15)13-7-8-14-12/h2-8H,1H3. The monoisotopic (exact) mass is 210 g/mol. The average Bonchev–Trinajstić information content (AvgIpc) is 2.69. The molecule has 16 heavy (non-hydrogen) atoms. The summed E-state index contributed by atoms with van der Waals surface area (Å²) in [5.74, 6) is 0. The van der Waals surface area contributed by atoms with Crippen molar-refractivity contribution in [3.8, 4) is 5.69 Å². The summed E-state index contributed by atoms with van der Waals surface area (Å²) in [5, 5.41) is 0. The van der Waals surface area contributed by atoms with Crippen molar-refractivity contribution in [2.45, 2.75) is 0 Å². The van der Waals surface area contributed by atoms with Gasteiger partial charge in [-0.3, -0.25) is 4.98 Å². The first-order valence-electron chi connectivity index (χ1n) is 5.02. The summed E-state index contributed by atoms with van der Waals surface area (Å²) in [5.41, 5.74) is 2.68. The Balaban J connectivity index is 2.33. The van der Waals surface area contributed by atoms with Crippen LogP contribution in [0.1, 0.15) is 0 Å². The average molecular weight is 210 g/mol. The Morgan fingerprint density at radius 3 is 2.69 bits per heavy atom. The number of para-hydroxylation sites is 1. The summed E-state index contributed by atoms with van der Waals surface area (Å²) < 4.78 is 3.75. The number of fused-ring (bicyclic) bond motifs is 1. The van der Waals surface area contributed by atoms with Crippen LogP contribution in [0.5, 0.6) is 0 Å². The molecule has 0 aliphatic heterocycles. The number of imidazole rings is 1. The van der Waals surface area contributed by atoms with Gasteiger partial charge in [0.2, 0.25) is 5.65 Å². The Kier molecular flexibility index (Phi) is 1.93. The lowest BCUT2D eigenvalue weighted by Gasteiger charge is -2.04. The second-order valence-electron chi connectivity index (χ2n) is 3.53. The number of benzene rings is 1. The van der Waals surface area contributed by atoms with Crippen LogP contribution in [-0.2, 0) is 7.05 Å². The number of rotatable bonds is 1. The van der Waals surface area contributed by atoms with Crippen molar-refractivity contribution >= 4 is 11.3 Å². The zero-order valence-corrected chi connectivity index (χ0v) is 8.83. The fourth-order valence-corrected chi connectivity index (χ4v) is 1.72. The summed E-state index contributed by atoms with van der Waals surface area (Å²) in [6.45, 7) is 0. The van der Waals surface area contributed by atoms with E-state index in [0.29, 0.717) is 0 Å². The van der Waals surface area contributed by atoms with Gasteiger partial charge in [0.25, 0.3) is 0 Å². The van der Waals surface area contributed by atoms with Gasteiger partial charge in [-0.05, 0) is 0 Å². The zero-order valence-electron chi connectivity index (χ0n) is 8.83. The van der Waals surface area contributed by atoms with Crippen molar-refractivity contribution in [3.63, 3.8) is 0 Å². The maximum atomic E-state index is 4.33. The van der Waals surface area contributed by atoms with Crippen molar-refractivity contribution in [2.24, 2.45) is 7.05 Å². The number of aromatic nitrogens is 4. The van der Waals surface area contributed by atoms with Crippen molar-refractivity contribution in [3.05, 3.63) is 49.1 Å². The molecule has 0 saturated heterocycles. The molecule has 3 rings (SSSR count). The van der Waals surface area contributed by atoms with E-state index in [1.807, 2.05) is 46.5 Å². The van der Waals surface area contributed by atoms with Crippen LogP contribution in [0.15, 0.2) is 42.7 Å². The second kappa shape index (κ2) is 3.41. The highest BCUT2D eigenvalue weighted by atomic mass is 15.2. The minimum absolute atomic E-state index is 0.816. The quantitative estimate of drug-likeness (QED) is 0.444. The molecule has 0 saturated carbocycles. The van der Waals surface area contributed by atoms with Gasteiger partial charge in [0.1, 0.15) is 11.8 Å². The van der Waals surface area contributed by atoms with Crippen LogP contribution >= 0.6 is 0 Å². The lowest BCUT2D eigenvalue weighted by Crippen LogP contribution is -2.27. The van der Waals surface area contributed by atoms with E-state index in [1.54, 1.807) is 12.4 Å². The molecular weight excluding hydrogens is 200 g/mol. The molecule has 2 aromatic heterocycles. The molecule has 0 aliphatic carbocycles. The molecule has 4 heteroatoms. The van der Waals surface area contributed by atoms with E-state index in [-0.39, 0.29) is 0 Å². The van der Waals surface area contributed by atoms with E-state index in [0.717, 1.165) is 17.0 Å². The Labute approximate surface area is 92.8 Å². The molecule has 0 radical (unpaired) electrons. The summed E-state index contributed by atoms with van der Waals surface area (Å²) >= 11 is 0. The maximum absolute atomic E-state index is 4.33. The van der Waals surface area contributed by atoms with Gasteiger partial charge in [-0.1, -0.05) is 30.3 Å². The molecule has 0 N–H and O–H groups in total. The molecule has 1 aromatic carbocycles. The van der Waals surface area contributed by atoms with E-state index in [1.165, 1.54) is 0 Å². The first-order chi connectivity index (χ1) is 7.86. The predicted molar refractivity (Wildman–Crippen MR) is 58.9 cm³/mol. The Hall–Kier alpha value is -2.23. The van der Waals surface area contributed by atoms with E-state index >= 15 is 0 Å². The molecule has 4 nitrogen and oxygen atoms in total. The van der Waals surface area contributed by atoms with Gasteiger partial charge < -0.3 is 9.13 Å². The minimum atomic E-state index is 0.816. The van der Waals surface area contributed by atoms with Gasteiger partial charge in [-0.2, -0.15) is 4.98 Å². The van der Waals surface area contributed by atoms with Gasteiger partial charge >= 0.3 is 0 Å². The Morgan fingerprint density at radius 2 is 1.88 bits per heavy atom. The number of nitrogens with zero attached hydrogens (tertiary/aromatic N) is 4. The normalized spacial score (nSPS) is 10.8. The molecule has 3 aromatic rings. The van der Waals surface area contributed by atoms with Gasteiger partial charge in [-0.15, -0.1) is 0 Å². The smallest absolute Gasteiger partial charge is 0.205 e. The summed E-state index contributed by atoms with van der Waals surface area (Å²) in [6, 6.07) is 10.0. The Morgan fingerprint density at radius 1 is 1.12 bits per heavy atom. The largest absolute Gasteiger partial charge is 0.337 e. The van der Waals surface area contributed by atoms with Crippen molar-refractivity contribution < 1.29 is 4.57 Å². The van der Waals surface area contributed by atoms with E-state index < -0.39 is 0 Å². The van der Waals surface area contributed by atoms with E-state index in [4.69, 9.17) is 0 Å². The van der Waals surface area contributed by atoms with E-state index in [9.17, 15) is 0 Å². The molecule has 0 fully saturated rings. The lowest BCUT2D eigenvalue weighted by atomic mass is 10.3. The number of aryl methyl sites for hydroxylation is 1. The molecule has 0 atom stereocenters. The predicted octanol–water partition coefficient (Wildman–Crippen LogP) is 1.05. The van der Waals surface area contributed by atoms with Gasteiger partial charge in [0, 0.05) is 12.7 Å². The first kappa shape index (κ1) is 9.03. The SMILES string of the molecule is C[n+]1[c-]n(-c2ccccc2)c2nccnc21. The third-order valence-corrected chi connectivity index (χ3v) is 2.45. The third kappa shape index (κ3) is 1.27. The van der Waals surface area contributed by atoms with Crippen LogP contribution in [0.4, 0.5) is 0 Å². The highest BCUT2D eigenvalue weighted by molar-refractivity contribution is 5.64. The molecule has 0 spiro atoms. The van der Waals surface area contributed by atoms with Crippen LogP contribution in [0, 0.1) is 6.33 Å².